The normalized spacial score (nSPS) is 11.0. The Kier molecular flexibility index (Phi) is 5.07. The van der Waals surface area contributed by atoms with E-state index in [0.717, 1.165) is 10.0 Å². The molecule has 1 amide bonds. The predicted molar refractivity (Wildman–Crippen MR) is 117 cm³/mol. The van der Waals surface area contributed by atoms with Gasteiger partial charge in [-0.15, -0.1) is 0 Å². The summed E-state index contributed by atoms with van der Waals surface area (Å²) in [5.74, 6) is -0.305. The highest BCUT2D eigenvalue weighted by Gasteiger charge is 2.24. The van der Waals surface area contributed by atoms with E-state index in [4.69, 9.17) is 0 Å². The molecule has 146 valence electrons. The molecule has 0 aliphatic carbocycles. The van der Waals surface area contributed by atoms with Crippen molar-refractivity contribution in [2.75, 3.05) is 5.32 Å². The second kappa shape index (κ2) is 7.67. The molecule has 0 bridgehead atoms. The summed E-state index contributed by atoms with van der Waals surface area (Å²) in [6.45, 7) is 4.51. The molecule has 7 heteroatoms. The minimum atomic E-state index is -0.305. The Labute approximate surface area is 176 Å². The van der Waals surface area contributed by atoms with Gasteiger partial charge in [0.05, 0.1) is 16.8 Å². The Balaban J connectivity index is 1.83. The van der Waals surface area contributed by atoms with E-state index in [1.54, 1.807) is 12.4 Å². The van der Waals surface area contributed by atoms with Gasteiger partial charge in [-0.2, -0.15) is 9.78 Å². The lowest BCUT2D eigenvalue weighted by atomic mass is 10.1. The highest BCUT2D eigenvalue weighted by molar-refractivity contribution is 9.10. The third-order valence-corrected chi connectivity index (χ3v) is 5.26. The topological polar surface area (TPSA) is 68.9 Å². The molecule has 0 saturated heterocycles. The Morgan fingerprint density at radius 3 is 2.59 bits per heavy atom. The van der Waals surface area contributed by atoms with Crippen molar-refractivity contribution in [2.24, 2.45) is 0 Å². The number of nitrogens with one attached hydrogen (secondary N) is 1. The fourth-order valence-corrected chi connectivity index (χ4v) is 3.69. The first kappa shape index (κ1) is 19.1. The van der Waals surface area contributed by atoms with Gasteiger partial charge in [-0.1, -0.05) is 34.1 Å². The molecule has 0 aromatic heterocycles. The van der Waals surface area contributed by atoms with Crippen LogP contribution in [-0.4, -0.2) is 20.3 Å². The van der Waals surface area contributed by atoms with Gasteiger partial charge in [-0.25, -0.2) is 0 Å². The van der Waals surface area contributed by atoms with Crippen molar-refractivity contribution in [3.63, 3.8) is 0 Å². The molecule has 0 fully saturated rings. The highest BCUT2D eigenvalue weighted by Crippen LogP contribution is 2.25. The summed E-state index contributed by atoms with van der Waals surface area (Å²) < 4.78 is 4.10. The number of carbonyl (C=O) groups is 1. The van der Waals surface area contributed by atoms with Gasteiger partial charge in [0.15, 0.2) is 0 Å². The van der Waals surface area contributed by atoms with Crippen LogP contribution in [0, 0.1) is 6.92 Å². The average Bonchev–Trinajstić information content (AvgIpc) is 3.06. The fraction of sp³-hybridized carbons (Fsp3) is 0.136. The monoisotopic (exact) mass is 450 g/mol. The van der Waals surface area contributed by atoms with E-state index in [0.29, 0.717) is 34.7 Å². The SMILES string of the molecule is CCn1cc(C(=O)Nc2ccc(Br)cc2C)c2nn(-c3ccccc3)c(=O)c-2c1. The van der Waals surface area contributed by atoms with E-state index in [1.165, 1.54) is 4.68 Å². The summed E-state index contributed by atoms with van der Waals surface area (Å²) in [7, 11) is 0. The number of carbonyl (C=O) groups excluding carboxylic acids is 1. The molecule has 29 heavy (non-hydrogen) atoms. The number of aryl methyl sites for hydroxylation is 2. The maximum Gasteiger partial charge on any atom is 0.282 e. The third kappa shape index (κ3) is 3.61. The second-order valence-electron chi connectivity index (χ2n) is 6.73. The number of rotatable bonds is 4. The summed E-state index contributed by atoms with van der Waals surface area (Å²) in [5.41, 5.74) is 3.21. The van der Waals surface area contributed by atoms with Gasteiger partial charge in [-0.3, -0.25) is 9.59 Å². The van der Waals surface area contributed by atoms with Crippen LogP contribution in [0.4, 0.5) is 5.69 Å². The zero-order chi connectivity index (χ0) is 20.5. The molecule has 2 aromatic rings. The van der Waals surface area contributed by atoms with E-state index in [-0.39, 0.29) is 11.5 Å². The number of amides is 1. The standard InChI is InChI=1S/C22H19BrN4O2/c1-3-26-12-17(21(28)24-19-10-9-15(23)11-14(19)2)20-18(13-26)22(29)27(25-20)16-7-5-4-6-8-16/h4-13H,3H2,1-2H3,(H,24,28). The zero-order valence-electron chi connectivity index (χ0n) is 16.0. The molecule has 6 nitrogen and oxygen atoms in total. The molecular weight excluding hydrogens is 432 g/mol. The van der Waals surface area contributed by atoms with E-state index in [2.05, 4.69) is 26.3 Å². The van der Waals surface area contributed by atoms with Crippen molar-refractivity contribution in [1.29, 1.82) is 0 Å². The molecule has 0 radical (unpaired) electrons. The first-order valence-electron chi connectivity index (χ1n) is 9.23. The number of nitrogens with zero attached hydrogens (tertiary/aromatic N) is 3. The first-order valence-corrected chi connectivity index (χ1v) is 10.0. The number of halogens is 1. The summed E-state index contributed by atoms with van der Waals surface area (Å²) in [6.07, 6.45) is 3.47. The number of hydrogen-bond acceptors (Lipinski definition) is 3. The molecule has 1 N–H and O–H groups in total. The van der Waals surface area contributed by atoms with Crippen LogP contribution in [0.1, 0.15) is 22.8 Å². The van der Waals surface area contributed by atoms with Crippen LogP contribution in [0.3, 0.4) is 0 Å². The molecular formula is C22H19BrN4O2. The van der Waals surface area contributed by atoms with Crippen molar-refractivity contribution in [1.82, 2.24) is 14.3 Å². The van der Waals surface area contributed by atoms with Crippen molar-refractivity contribution in [2.45, 2.75) is 20.4 Å². The molecule has 2 heterocycles. The molecule has 0 spiro atoms. The molecule has 2 aliphatic rings. The van der Waals surface area contributed by atoms with Crippen molar-refractivity contribution < 1.29 is 4.79 Å². The van der Waals surface area contributed by atoms with Crippen LogP contribution in [0.25, 0.3) is 16.9 Å². The number of fused-ring (bicyclic) bond motifs is 1. The van der Waals surface area contributed by atoms with Crippen LogP contribution < -0.4 is 10.9 Å². The Hall–Kier alpha value is -3.19. The second-order valence-corrected chi connectivity index (χ2v) is 7.65. The number of hydrogen-bond donors (Lipinski definition) is 1. The van der Waals surface area contributed by atoms with Crippen LogP contribution in [-0.2, 0) is 6.54 Å². The number of benzene rings is 2. The maximum atomic E-state index is 13.1. The van der Waals surface area contributed by atoms with Gasteiger partial charge < -0.3 is 9.88 Å². The van der Waals surface area contributed by atoms with Gasteiger partial charge in [0.1, 0.15) is 5.69 Å². The summed E-state index contributed by atoms with van der Waals surface area (Å²) >= 11 is 3.43. The number of para-hydroxylation sites is 1. The summed E-state index contributed by atoms with van der Waals surface area (Å²) in [5, 5.41) is 7.42. The van der Waals surface area contributed by atoms with Gasteiger partial charge >= 0.3 is 0 Å². The Morgan fingerprint density at radius 1 is 1.14 bits per heavy atom. The molecule has 0 saturated carbocycles. The number of anilines is 1. The molecule has 0 unspecified atom stereocenters. The Morgan fingerprint density at radius 2 is 1.90 bits per heavy atom. The summed E-state index contributed by atoms with van der Waals surface area (Å²) in [4.78, 5) is 26.1. The third-order valence-electron chi connectivity index (χ3n) is 4.77. The molecule has 2 aromatic carbocycles. The van der Waals surface area contributed by atoms with E-state index in [1.807, 2.05) is 66.9 Å². The first-order chi connectivity index (χ1) is 14.0. The fourth-order valence-electron chi connectivity index (χ4n) is 3.21. The minimum Gasteiger partial charge on any atom is -0.353 e. The lowest BCUT2D eigenvalue weighted by Gasteiger charge is -2.13. The molecule has 2 aliphatic heterocycles. The zero-order valence-corrected chi connectivity index (χ0v) is 17.6. The largest absolute Gasteiger partial charge is 0.353 e. The Bertz CT molecular complexity index is 1230. The van der Waals surface area contributed by atoms with Crippen molar-refractivity contribution in [3.8, 4) is 16.9 Å². The van der Waals surface area contributed by atoms with Crippen molar-refractivity contribution >= 4 is 27.5 Å². The minimum absolute atomic E-state index is 0.247. The molecule has 4 rings (SSSR count). The van der Waals surface area contributed by atoms with E-state index >= 15 is 0 Å². The summed E-state index contributed by atoms with van der Waals surface area (Å²) in [6, 6.07) is 14.8. The lowest BCUT2D eigenvalue weighted by Crippen LogP contribution is -2.17. The van der Waals surface area contributed by atoms with Gasteiger partial charge in [0, 0.05) is 29.1 Å². The van der Waals surface area contributed by atoms with Gasteiger partial charge in [0.25, 0.3) is 11.5 Å². The molecule has 0 atom stereocenters. The maximum absolute atomic E-state index is 13.1. The number of aromatic nitrogens is 3. The number of pyridine rings is 1. The van der Waals surface area contributed by atoms with Crippen LogP contribution in [0.15, 0.2) is 70.2 Å². The lowest BCUT2D eigenvalue weighted by molar-refractivity contribution is 0.102. The smallest absolute Gasteiger partial charge is 0.282 e. The quantitative estimate of drug-likeness (QED) is 0.498. The predicted octanol–water partition coefficient (Wildman–Crippen LogP) is 4.48. The van der Waals surface area contributed by atoms with Crippen LogP contribution in [0.5, 0.6) is 0 Å². The van der Waals surface area contributed by atoms with Gasteiger partial charge in [0.2, 0.25) is 0 Å². The average molecular weight is 451 g/mol. The van der Waals surface area contributed by atoms with Crippen LogP contribution >= 0.6 is 15.9 Å². The highest BCUT2D eigenvalue weighted by atomic mass is 79.9. The van der Waals surface area contributed by atoms with Crippen LogP contribution in [0.2, 0.25) is 0 Å². The van der Waals surface area contributed by atoms with Crippen molar-refractivity contribution in [3.05, 3.63) is 86.9 Å². The van der Waals surface area contributed by atoms with Gasteiger partial charge in [-0.05, 0) is 49.7 Å². The van der Waals surface area contributed by atoms with E-state index in [9.17, 15) is 9.59 Å². The van der Waals surface area contributed by atoms with E-state index < -0.39 is 0 Å².